The lowest BCUT2D eigenvalue weighted by molar-refractivity contribution is -0.153. The molecule has 0 bridgehead atoms. The van der Waals surface area contributed by atoms with Gasteiger partial charge in [-0.05, 0) is 19.1 Å². The van der Waals surface area contributed by atoms with E-state index in [-0.39, 0.29) is 11.5 Å². The number of carboxylic acids is 2. The Balaban J connectivity index is 0.000000281. The number of aliphatic carboxylic acids is 2. The van der Waals surface area contributed by atoms with Crippen molar-refractivity contribution >= 4 is 11.9 Å². The van der Waals surface area contributed by atoms with Crippen LogP contribution >= 0.6 is 0 Å². The maximum Gasteiger partial charge on any atom is 0.317 e. The molecule has 6 heteroatoms. The van der Waals surface area contributed by atoms with Gasteiger partial charge in [0.25, 0.3) is 0 Å². The number of carboxylic acid groups (broad SMARTS) is 2. The van der Waals surface area contributed by atoms with Crippen LogP contribution in [0.3, 0.4) is 0 Å². The molecule has 0 saturated heterocycles. The Kier molecular flexibility index (Phi) is 5.40. The van der Waals surface area contributed by atoms with E-state index >= 15 is 0 Å². The van der Waals surface area contributed by atoms with E-state index in [2.05, 4.69) is 0 Å². The second-order valence-electron chi connectivity index (χ2n) is 2.92. The van der Waals surface area contributed by atoms with Crippen molar-refractivity contribution in [3.05, 3.63) is 24.3 Å². The second kappa shape index (κ2) is 6.28. The summed E-state index contributed by atoms with van der Waals surface area (Å²) in [6.45, 7) is 1.12. The van der Waals surface area contributed by atoms with Crippen molar-refractivity contribution in [2.24, 2.45) is 5.92 Å². The first-order valence-corrected chi connectivity index (χ1v) is 4.28. The van der Waals surface area contributed by atoms with Gasteiger partial charge >= 0.3 is 11.9 Å². The van der Waals surface area contributed by atoms with Crippen molar-refractivity contribution in [1.82, 2.24) is 0 Å². The van der Waals surface area contributed by atoms with Gasteiger partial charge in [-0.2, -0.15) is 0 Å². The second-order valence-corrected chi connectivity index (χ2v) is 2.92. The van der Waals surface area contributed by atoms with Gasteiger partial charge in [0.05, 0.1) is 0 Å². The molecule has 1 aromatic rings. The molecule has 0 aliphatic rings. The highest BCUT2D eigenvalue weighted by atomic mass is 16.4. The van der Waals surface area contributed by atoms with E-state index in [1.165, 1.54) is 18.2 Å². The highest BCUT2D eigenvalue weighted by Crippen LogP contribution is 2.14. The first-order chi connectivity index (χ1) is 7.34. The molecule has 6 nitrogen and oxygen atoms in total. The third-order valence-electron chi connectivity index (χ3n) is 1.57. The van der Waals surface area contributed by atoms with Crippen LogP contribution in [0.4, 0.5) is 0 Å². The average Bonchev–Trinajstić information content (AvgIpc) is 2.16. The Labute approximate surface area is 91.4 Å². The van der Waals surface area contributed by atoms with Crippen molar-refractivity contribution in [1.29, 1.82) is 0 Å². The van der Waals surface area contributed by atoms with E-state index in [9.17, 15) is 9.59 Å². The highest BCUT2D eigenvalue weighted by Gasteiger charge is 2.18. The maximum atomic E-state index is 9.76. The van der Waals surface area contributed by atoms with Crippen LogP contribution in [-0.4, -0.2) is 32.4 Å². The molecule has 88 valence electrons. The zero-order chi connectivity index (χ0) is 12.7. The fraction of sp³-hybridized carbons (Fsp3) is 0.200. The monoisotopic (exact) mass is 228 g/mol. The van der Waals surface area contributed by atoms with E-state index in [0.29, 0.717) is 0 Å². The number of hydrogen-bond acceptors (Lipinski definition) is 4. The van der Waals surface area contributed by atoms with Crippen LogP contribution in [-0.2, 0) is 9.59 Å². The SMILES string of the molecule is CC(C(=O)O)C(=O)O.Oc1cccc(O)c1. The summed E-state index contributed by atoms with van der Waals surface area (Å²) in [7, 11) is 0. The summed E-state index contributed by atoms with van der Waals surface area (Å²) in [5, 5.41) is 33.2. The van der Waals surface area contributed by atoms with Gasteiger partial charge in [0.1, 0.15) is 11.5 Å². The molecule has 0 saturated carbocycles. The Morgan fingerprint density at radius 1 is 1.06 bits per heavy atom. The van der Waals surface area contributed by atoms with Crippen molar-refractivity contribution in [2.45, 2.75) is 6.92 Å². The van der Waals surface area contributed by atoms with Gasteiger partial charge in [-0.3, -0.25) is 9.59 Å². The molecule has 0 aliphatic carbocycles. The molecule has 16 heavy (non-hydrogen) atoms. The molecule has 0 unspecified atom stereocenters. The average molecular weight is 228 g/mol. The minimum Gasteiger partial charge on any atom is -0.508 e. The van der Waals surface area contributed by atoms with Crippen LogP contribution < -0.4 is 0 Å². The molecular weight excluding hydrogens is 216 g/mol. The lowest BCUT2D eigenvalue weighted by atomic mass is 10.2. The number of phenolic OH excluding ortho intramolecular Hbond substituents is 2. The number of aromatic hydroxyl groups is 2. The molecule has 0 radical (unpaired) electrons. The van der Waals surface area contributed by atoms with Crippen molar-refractivity contribution in [2.75, 3.05) is 0 Å². The van der Waals surface area contributed by atoms with Gasteiger partial charge in [-0.1, -0.05) is 6.07 Å². The zero-order valence-corrected chi connectivity index (χ0v) is 8.49. The molecule has 0 atom stereocenters. The summed E-state index contributed by atoms with van der Waals surface area (Å²) in [5.74, 6) is -3.74. The van der Waals surface area contributed by atoms with E-state index in [1.807, 2.05) is 0 Å². The molecule has 0 amide bonds. The molecule has 0 aliphatic heterocycles. The fourth-order valence-corrected chi connectivity index (χ4v) is 0.599. The zero-order valence-electron chi connectivity index (χ0n) is 8.49. The van der Waals surface area contributed by atoms with Crippen molar-refractivity contribution in [3.63, 3.8) is 0 Å². The standard InChI is InChI=1S/C6H6O2.C4H6O4/c7-5-2-1-3-6(8)4-5;1-2(3(5)6)4(7)8/h1-4,7-8H;2H,1H3,(H,5,6)(H,7,8). The Bertz CT molecular complexity index is 342. The lowest BCUT2D eigenvalue weighted by Crippen LogP contribution is -2.19. The van der Waals surface area contributed by atoms with Crippen LogP contribution in [0.5, 0.6) is 11.5 Å². The number of hydrogen-bond donors (Lipinski definition) is 4. The van der Waals surface area contributed by atoms with Crippen molar-refractivity contribution in [3.8, 4) is 11.5 Å². The Morgan fingerprint density at radius 3 is 1.56 bits per heavy atom. The molecule has 1 aromatic carbocycles. The van der Waals surface area contributed by atoms with Gasteiger partial charge in [0.2, 0.25) is 0 Å². The maximum absolute atomic E-state index is 9.76. The molecule has 4 N–H and O–H groups in total. The molecule has 0 aromatic heterocycles. The van der Waals surface area contributed by atoms with Crippen molar-refractivity contribution < 1.29 is 30.0 Å². The number of carbonyl (C=O) groups is 2. The largest absolute Gasteiger partial charge is 0.508 e. The van der Waals surface area contributed by atoms with Gasteiger partial charge in [-0.25, -0.2) is 0 Å². The molecule has 0 heterocycles. The first-order valence-electron chi connectivity index (χ1n) is 4.28. The van der Waals surface area contributed by atoms with Crippen LogP contribution in [0.1, 0.15) is 6.92 Å². The van der Waals surface area contributed by atoms with Gasteiger partial charge in [0, 0.05) is 6.07 Å². The fourth-order valence-electron chi connectivity index (χ4n) is 0.599. The number of phenols is 2. The lowest BCUT2D eigenvalue weighted by Gasteiger charge is -1.94. The van der Waals surface area contributed by atoms with E-state index < -0.39 is 17.9 Å². The van der Waals surface area contributed by atoms with Gasteiger partial charge in [0.15, 0.2) is 5.92 Å². The summed E-state index contributed by atoms with van der Waals surface area (Å²) in [6, 6.07) is 5.85. The summed E-state index contributed by atoms with van der Waals surface area (Å²) >= 11 is 0. The molecular formula is C10H12O6. The summed E-state index contributed by atoms with van der Waals surface area (Å²) in [6.07, 6.45) is 0. The summed E-state index contributed by atoms with van der Waals surface area (Å²) in [5.41, 5.74) is 0. The van der Waals surface area contributed by atoms with E-state index in [4.69, 9.17) is 20.4 Å². The smallest absolute Gasteiger partial charge is 0.317 e. The van der Waals surface area contributed by atoms with Gasteiger partial charge in [-0.15, -0.1) is 0 Å². The predicted octanol–water partition coefficient (Wildman–Crippen LogP) is 0.889. The van der Waals surface area contributed by atoms with E-state index in [0.717, 1.165) is 6.92 Å². The molecule has 0 spiro atoms. The van der Waals surface area contributed by atoms with Crippen LogP contribution in [0, 0.1) is 5.92 Å². The molecule has 1 rings (SSSR count). The van der Waals surface area contributed by atoms with Crippen LogP contribution in [0.15, 0.2) is 24.3 Å². The van der Waals surface area contributed by atoms with Crippen LogP contribution in [0.25, 0.3) is 0 Å². The Hall–Kier alpha value is -2.24. The van der Waals surface area contributed by atoms with Gasteiger partial charge < -0.3 is 20.4 Å². The predicted molar refractivity (Wildman–Crippen MR) is 54.2 cm³/mol. The minimum atomic E-state index is -1.31. The number of benzene rings is 1. The topological polar surface area (TPSA) is 115 Å². The molecule has 0 fully saturated rings. The minimum absolute atomic E-state index is 0.0880. The summed E-state index contributed by atoms with van der Waals surface area (Å²) in [4.78, 5) is 19.5. The normalized spacial score (nSPS) is 9.12. The third kappa shape index (κ3) is 5.48. The highest BCUT2D eigenvalue weighted by molar-refractivity contribution is 5.92. The van der Waals surface area contributed by atoms with Crippen LogP contribution in [0.2, 0.25) is 0 Å². The third-order valence-corrected chi connectivity index (χ3v) is 1.57. The number of rotatable bonds is 2. The van der Waals surface area contributed by atoms with E-state index in [1.54, 1.807) is 6.07 Å². The quantitative estimate of drug-likeness (QED) is 0.559. The first kappa shape index (κ1) is 13.8. The Morgan fingerprint density at radius 2 is 1.44 bits per heavy atom. The summed E-state index contributed by atoms with van der Waals surface area (Å²) < 4.78 is 0.